The second kappa shape index (κ2) is 38.9. The van der Waals surface area contributed by atoms with Gasteiger partial charge in [0.05, 0.1) is 140 Å². The molecule has 5 aliphatic heterocycles. The van der Waals surface area contributed by atoms with Gasteiger partial charge in [-0.2, -0.15) is 11.8 Å². The monoisotopic (exact) mass is 1480 g/mol. The number of carbonyl (C=O) groups is 12. The van der Waals surface area contributed by atoms with E-state index in [0.29, 0.717) is 99.8 Å². The molecule has 3 aromatic rings. The van der Waals surface area contributed by atoms with Gasteiger partial charge in [0.25, 0.3) is 11.8 Å². The van der Waals surface area contributed by atoms with Crippen molar-refractivity contribution >= 4 is 104 Å². The Labute approximate surface area is 599 Å². The molecule has 0 spiro atoms. The summed E-state index contributed by atoms with van der Waals surface area (Å²) in [5, 5.41) is 58.2. The van der Waals surface area contributed by atoms with Crippen molar-refractivity contribution in [2.45, 2.75) is 150 Å². The van der Waals surface area contributed by atoms with Crippen LogP contribution in [0.3, 0.4) is 0 Å². The number of fused-ring (bicyclic) bond motifs is 5. The topological polar surface area (TPSA) is 495 Å². The summed E-state index contributed by atoms with van der Waals surface area (Å²) in [6.45, 7) is 5.47. The number of thioether (sulfide) groups is 1. The van der Waals surface area contributed by atoms with Gasteiger partial charge in [0.15, 0.2) is 0 Å². The highest BCUT2D eigenvalue weighted by Crippen LogP contribution is 2.38. The zero-order chi connectivity index (χ0) is 74.4. The number of hydrogen-bond acceptors (Lipinski definition) is 24. The number of amides is 12. The van der Waals surface area contributed by atoms with Crippen LogP contribution in [0.15, 0.2) is 35.5 Å². The Balaban J connectivity index is 0.957. The molecule has 1 unspecified atom stereocenters. The van der Waals surface area contributed by atoms with Crippen molar-refractivity contribution < 1.29 is 101 Å². The molecule has 1 aromatic carbocycles. The molecule has 0 aliphatic carbocycles. The molecule has 2 saturated heterocycles. The van der Waals surface area contributed by atoms with E-state index in [1.54, 1.807) is 53.5 Å². The van der Waals surface area contributed by atoms with E-state index < -0.39 is 194 Å². The summed E-state index contributed by atoms with van der Waals surface area (Å²) >= 11 is 1.56. The van der Waals surface area contributed by atoms with E-state index in [-0.39, 0.29) is 60.3 Å². The first-order valence-corrected chi connectivity index (χ1v) is 36.6. The number of nitrogens with one attached hydrogen (secondary N) is 8. The molecular weight excluding hydrogens is 1390 g/mol. The molecule has 7 heterocycles. The van der Waals surface area contributed by atoms with Gasteiger partial charge in [-0.05, 0) is 42.9 Å². The second-order valence-electron chi connectivity index (χ2n) is 25.6. The highest BCUT2D eigenvalue weighted by molar-refractivity contribution is 7.99. The minimum Gasteiger partial charge on any atom is -0.496 e. The first-order chi connectivity index (χ1) is 49.4. The average Bonchev–Trinajstić information content (AvgIpc) is 1.62. The molecule has 2 bridgehead atoms. The quantitative estimate of drug-likeness (QED) is 0.0229. The van der Waals surface area contributed by atoms with Crippen LogP contribution in [-0.2, 0) is 113 Å². The lowest BCUT2D eigenvalue weighted by molar-refractivity contribution is -0.143. The third-order valence-electron chi connectivity index (χ3n) is 18.4. The van der Waals surface area contributed by atoms with Crippen molar-refractivity contribution in [2.75, 3.05) is 105 Å². The molecule has 566 valence electrons. The number of likely N-dealkylation sites (tertiary alicyclic amines) is 1. The van der Waals surface area contributed by atoms with E-state index in [0.717, 1.165) is 9.80 Å². The summed E-state index contributed by atoms with van der Waals surface area (Å²) in [6.07, 6.45) is 0.799. The number of rotatable bonds is 29. The summed E-state index contributed by atoms with van der Waals surface area (Å²) < 4.78 is 45.4. The van der Waals surface area contributed by atoms with Crippen molar-refractivity contribution in [2.24, 2.45) is 17.6 Å². The Morgan fingerprint density at radius 1 is 0.777 bits per heavy atom. The highest BCUT2D eigenvalue weighted by Gasteiger charge is 2.45. The number of methoxy groups -OCH3 is 1. The third-order valence-corrected chi connectivity index (χ3v) is 21.2. The van der Waals surface area contributed by atoms with Crippen LogP contribution in [0.4, 0.5) is 0 Å². The van der Waals surface area contributed by atoms with Crippen molar-refractivity contribution in [1.29, 1.82) is 0 Å². The van der Waals surface area contributed by atoms with E-state index in [1.165, 1.54) is 26.2 Å². The van der Waals surface area contributed by atoms with Gasteiger partial charge in [-0.25, -0.2) is 4.68 Å². The van der Waals surface area contributed by atoms with E-state index in [4.69, 9.17) is 29.4 Å². The molecule has 36 nitrogen and oxygen atoms in total. The molecule has 12 amide bonds. The molecule has 8 rings (SSSR count). The Morgan fingerprint density at radius 2 is 1.43 bits per heavy atom. The number of nitrogens with zero attached hydrogens (tertiary/aromatic N) is 6. The zero-order valence-electron chi connectivity index (χ0n) is 57.9. The number of nitrogens with two attached hydrogens (primary N) is 1. The maximum Gasteiger partial charge on any atom is 0.253 e. The number of piperidine rings is 1. The lowest BCUT2D eigenvalue weighted by atomic mass is 9.93. The third kappa shape index (κ3) is 22.3. The summed E-state index contributed by atoms with van der Waals surface area (Å²) in [5.74, 6) is -11.8. The van der Waals surface area contributed by atoms with Gasteiger partial charge in [-0.1, -0.05) is 32.4 Å². The lowest BCUT2D eigenvalue weighted by Crippen LogP contribution is -2.62. The fourth-order valence-corrected chi connectivity index (χ4v) is 14.9. The first kappa shape index (κ1) is 80.2. The smallest absolute Gasteiger partial charge is 0.253 e. The number of aliphatic hydroxyl groups is 3. The number of ether oxygens (including phenoxy) is 5. The van der Waals surface area contributed by atoms with Crippen molar-refractivity contribution in [1.82, 2.24) is 71.9 Å². The van der Waals surface area contributed by atoms with Crippen molar-refractivity contribution in [3.63, 3.8) is 0 Å². The lowest BCUT2D eigenvalue weighted by Gasteiger charge is -2.33. The Morgan fingerprint density at radius 3 is 2.08 bits per heavy atom. The standard InChI is InChI=1S/C65H93N15O21S2/c1-5-36(2)56-62(93)68-28-51(85)69-46-35-103(96)64-42(27-45(59(90)67-29-52(86)72-56)71-63(94)57(37(3)48(83)33-81)73-61(92)47-26-39(82)32-79(47)65(95)44(70-60(46)91)7-9-50(66)84)41-6-8-49(97-4)43(58(41)74-64)34-102-40-12-15-77(16-13-40)53(87)14-18-98-20-22-100-24-25-101-23-21-99-19-17-78-30-38(75-76-78)31-80-54(88)10-11-55(80)89/h6,8,10-11,30,36-37,39-40,44-48,56-57,74,81-83H,5,7,9,12-29,31-35H2,1-4H3,(H2,66,84)(H,67,90)(H,68,93)(H,69,85)(H,70,91)(H,71,94)(H,72,86)(H,73,92)/t36-,37-,39+,44-,45-,46-,47-,48-,56-,57-,103?/m0/s1. The number of imide groups is 1. The summed E-state index contributed by atoms with van der Waals surface area (Å²) in [5.41, 5.74) is 7.03. The number of H-pyrrole nitrogens is 1. The van der Waals surface area contributed by atoms with E-state index in [2.05, 4.69) is 52.5 Å². The zero-order valence-corrected chi connectivity index (χ0v) is 59.5. The molecule has 103 heavy (non-hydrogen) atoms. The maximum atomic E-state index is 15.5. The van der Waals surface area contributed by atoms with Crippen LogP contribution in [0.2, 0.25) is 0 Å². The number of benzene rings is 1. The predicted molar refractivity (Wildman–Crippen MR) is 365 cm³/mol. The minimum absolute atomic E-state index is 0.0196. The molecule has 5 aliphatic rings. The van der Waals surface area contributed by atoms with Gasteiger partial charge in [-0.3, -0.25) is 66.6 Å². The molecular formula is C65H93N15O21S2. The molecule has 38 heteroatoms. The van der Waals surface area contributed by atoms with Crippen LogP contribution in [0.5, 0.6) is 5.75 Å². The van der Waals surface area contributed by atoms with Gasteiger partial charge in [0, 0.05) is 78.9 Å². The normalized spacial score (nSPS) is 24.0. The van der Waals surface area contributed by atoms with Crippen LogP contribution in [0.1, 0.15) is 82.5 Å². The number of aromatic nitrogens is 4. The molecule has 0 radical (unpaired) electrons. The molecule has 11 atom stereocenters. The van der Waals surface area contributed by atoms with Crippen LogP contribution in [-0.4, -0.2) is 284 Å². The maximum absolute atomic E-state index is 15.5. The molecule has 0 saturated carbocycles. The second-order valence-corrected chi connectivity index (χ2v) is 28.3. The van der Waals surface area contributed by atoms with E-state index in [9.17, 15) is 72.9 Å². The summed E-state index contributed by atoms with van der Waals surface area (Å²) in [6, 6.07) is -6.68. The summed E-state index contributed by atoms with van der Waals surface area (Å²) in [7, 11) is -1.000. The van der Waals surface area contributed by atoms with Crippen LogP contribution >= 0.6 is 11.8 Å². The average molecular weight is 1480 g/mol. The van der Waals surface area contributed by atoms with Gasteiger partial charge in [-0.15, -0.1) is 5.10 Å². The van der Waals surface area contributed by atoms with Gasteiger partial charge < -0.3 is 96.7 Å². The number of aliphatic hydroxyl groups excluding tert-OH is 3. The van der Waals surface area contributed by atoms with E-state index >= 15 is 4.21 Å². The predicted octanol–water partition coefficient (Wildman–Crippen LogP) is -4.83. The Hall–Kier alpha value is -8.50. The van der Waals surface area contributed by atoms with Gasteiger partial charge >= 0.3 is 0 Å². The SMILES string of the molecule is CC[C@H](C)[C@@H]1NC(=O)CNC(=O)[C@@H]2Cc3c([nH]c4c(CSC5CCN(C(=O)CCOCCOCCOCCOCCn6cc(CN7C(=O)C=CC7=O)nn6)CC5)c(OC)ccc34)S(=O)C[C@H](NC(=O)CNC1=O)C(=O)N[C@@H](CCC(N)=O)C(=O)N1C[C@H](O)C[C@H]1C(=O)N[C@@H]([C@@H](C)[C@@H](O)CO)C(=O)N2. The molecule has 2 aromatic heterocycles. The fourth-order valence-electron chi connectivity index (χ4n) is 12.3. The molecule has 13 N–H and O–H groups in total. The van der Waals surface area contributed by atoms with E-state index in [1.807, 2.05) is 0 Å². The van der Waals surface area contributed by atoms with Crippen LogP contribution in [0.25, 0.3) is 10.9 Å². The summed E-state index contributed by atoms with van der Waals surface area (Å²) in [4.78, 5) is 172. The molecule has 2 fully saturated rings. The number of carbonyl (C=O) groups excluding carboxylic acids is 12. The number of hydrogen-bond donors (Lipinski definition) is 12. The highest BCUT2D eigenvalue weighted by atomic mass is 32.2. The largest absolute Gasteiger partial charge is 0.496 e. The van der Waals surface area contributed by atoms with Crippen molar-refractivity contribution in [3.8, 4) is 5.75 Å². The van der Waals surface area contributed by atoms with Gasteiger partial charge in [0.2, 0.25) is 59.1 Å². The minimum atomic E-state index is -2.45. The van der Waals surface area contributed by atoms with Gasteiger partial charge in [0.1, 0.15) is 52.7 Å². The van der Waals surface area contributed by atoms with Crippen LogP contribution in [0, 0.1) is 11.8 Å². The Bertz CT molecular complexity index is 3590. The number of primary amides is 1. The number of aromatic amines is 1. The van der Waals surface area contributed by atoms with Crippen molar-refractivity contribution in [3.05, 3.63) is 47.3 Å². The Kier molecular flexibility index (Phi) is 30.2. The van der Waals surface area contributed by atoms with Crippen LogP contribution < -0.4 is 47.7 Å². The fraction of sp³-hybridized carbons (Fsp3) is 0.631. The first-order valence-electron chi connectivity index (χ1n) is 34.2.